The fourth-order valence-electron chi connectivity index (χ4n) is 3.29. The first kappa shape index (κ1) is 21.5. The Balaban J connectivity index is 1.94. The summed E-state index contributed by atoms with van der Waals surface area (Å²) in [5, 5.41) is 0.899. The first-order chi connectivity index (χ1) is 14.2. The van der Waals surface area contributed by atoms with Crippen molar-refractivity contribution in [1.29, 1.82) is 0 Å². The third-order valence-electron chi connectivity index (χ3n) is 4.80. The largest absolute Gasteiger partial charge is 0.456 e. The van der Waals surface area contributed by atoms with E-state index in [2.05, 4.69) is 0 Å². The van der Waals surface area contributed by atoms with Crippen molar-refractivity contribution in [3.8, 4) is 5.75 Å². The van der Waals surface area contributed by atoms with E-state index in [1.165, 1.54) is 0 Å². The van der Waals surface area contributed by atoms with E-state index in [9.17, 15) is 8.42 Å². The van der Waals surface area contributed by atoms with Crippen molar-refractivity contribution in [2.45, 2.75) is 11.3 Å². The maximum atomic E-state index is 11.8. The molecule has 4 rings (SSSR count). The van der Waals surface area contributed by atoms with Gasteiger partial charge in [0.05, 0.1) is 25.0 Å². The number of benzene rings is 3. The number of ether oxygens (including phenoxy) is 1. The number of allylic oxidation sites excluding steroid dienone is 1. The summed E-state index contributed by atoms with van der Waals surface area (Å²) in [5.74, 6) is 1.26. The molecule has 0 saturated heterocycles. The second-order valence-corrected chi connectivity index (χ2v) is 10.4. The molecule has 0 radical (unpaired) electrons. The second kappa shape index (κ2) is 8.10. The van der Waals surface area contributed by atoms with Crippen molar-refractivity contribution in [1.82, 2.24) is 0 Å². The van der Waals surface area contributed by atoms with Gasteiger partial charge in [0.25, 0.3) is 0 Å². The number of para-hydroxylation sites is 1. The van der Waals surface area contributed by atoms with Gasteiger partial charge in [0.2, 0.25) is 0 Å². The molecule has 0 N–H and O–H groups in total. The molecule has 0 unspecified atom stereocenters. The van der Waals surface area contributed by atoms with Crippen LogP contribution in [0.25, 0.3) is 11.3 Å². The van der Waals surface area contributed by atoms with Crippen LogP contribution in [-0.4, -0.2) is 14.7 Å². The molecular formula is C22H14Cl4O3S. The van der Waals surface area contributed by atoms with Crippen LogP contribution >= 0.6 is 46.4 Å². The Morgan fingerprint density at radius 2 is 1.53 bits per heavy atom. The van der Waals surface area contributed by atoms with E-state index in [1.807, 2.05) is 24.3 Å². The maximum absolute atomic E-state index is 11.8. The summed E-state index contributed by atoms with van der Waals surface area (Å²) in [6, 6.07) is 15.8. The molecule has 0 atom stereocenters. The predicted octanol–water partition coefficient (Wildman–Crippen LogP) is 7.21. The molecule has 3 nitrogen and oxygen atoms in total. The maximum Gasteiger partial charge on any atom is 0.175 e. The van der Waals surface area contributed by atoms with Crippen molar-refractivity contribution in [3.05, 3.63) is 91.4 Å². The minimum atomic E-state index is -3.31. The van der Waals surface area contributed by atoms with Gasteiger partial charge in [-0.3, -0.25) is 0 Å². The van der Waals surface area contributed by atoms with Gasteiger partial charge in [-0.05, 0) is 42.0 Å². The molecule has 1 aliphatic heterocycles. The van der Waals surface area contributed by atoms with E-state index in [1.54, 1.807) is 30.3 Å². The molecule has 154 valence electrons. The zero-order valence-electron chi connectivity index (χ0n) is 15.5. The van der Waals surface area contributed by atoms with Crippen molar-refractivity contribution in [2.75, 3.05) is 6.26 Å². The molecule has 0 bridgehead atoms. The van der Waals surface area contributed by atoms with Crippen LogP contribution in [0.3, 0.4) is 0 Å². The van der Waals surface area contributed by atoms with Crippen LogP contribution in [0.15, 0.2) is 59.5 Å². The van der Waals surface area contributed by atoms with Crippen molar-refractivity contribution in [2.24, 2.45) is 0 Å². The van der Waals surface area contributed by atoms with E-state index < -0.39 is 9.84 Å². The fraction of sp³-hybridized carbons (Fsp3) is 0.0909. The number of hydrogen-bond acceptors (Lipinski definition) is 3. The topological polar surface area (TPSA) is 43.4 Å². The molecule has 0 aliphatic carbocycles. The van der Waals surface area contributed by atoms with Gasteiger partial charge in [0, 0.05) is 29.4 Å². The van der Waals surface area contributed by atoms with Gasteiger partial charge in [-0.2, -0.15) is 0 Å². The molecule has 1 aliphatic rings. The third kappa shape index (κ3) is 3.95. The average Bonchev–Trinajstić information content (AvgIpc) is 2.73. The lowest BCUT2D eigenvalue weighted by Gasteiger charge is -2.25. The Kier molecular flexibility index (Phi) is 5.82. The SMILES string of the molecule is CS(=O)(=O)c1ccc(C2=C(c3cc(Cl)c(Cl)c(Cl)c3Cl)Cc3ccccc3O2)cc1. The Labute approximate surface area is 194 Å². The van der Waals surface area contributed by atoms with E-state index in [0.29, 0.717) is 29.1 Å². The molecular weight excluding hydrogens is 486 g/mol. The number of halogens is 4. The van der Waals surface area contributed by atoms with Gasteiger partial charge in [-0.15, -0.1) is 0 Å². The summed E-state index contributed by atoms with van der Waals surface area (Å²) in [6.45, 7) is 0. The van der Waals surface area contributed by atoms with Gasteiger partial charge < -0.3 is 4.74 Å². The summed E-state index contributed by atoms with van der Waals surface area (Å²) in [7, 11) is -3.31. The van der Waals surface area contributed by atoms with E-state index >= 15 is 0 Å². The number of hydrogen-bond donors (Lipinski definition) is 0. The van der Waals surface area contributed by atoms with Gasteiger partial charge >= 0.3 is 0 Å². The van der Waals surface area contributed by atoms with E-state index in [0.717, 1.165) is 17.4 Å². The van der Waals surface area contributed by atoms with Crippen LogP contribution in [0.4, 0.5) is 0 Å². The Hall–Kier alpha value is -1.69. The molecule has 8 heteroatoms. The smallest absolute Gasteiger partial charge is 0.175 e. The third-order valence-corrected chi connectivity index (χ3v) is 7.68. The normalized spacial score (nSPS) is 13.8. The molecule has 0 fully saturated rings. The lowest BCUT2D eigenvalue weighted by molar-refractivity contribution is 0.502. The quantitative estimate of drug-likeness (QED) is 0.282. The molecule has 0 spiro atoms. The number of sulfone groups is 1. The summed E-state index contributed by atoms with van der Waals surface area (Å²) in [4.78, 5) is 0.222. The summed E-state index contributed by atoms with van der Waals surface area (Å²) < 4.78 is 29.9. The van der Waals surface area contributed by atoms with Crippen LogP contribution < -0.4 is 4.74 Å². The molecule has 30 heavy (non-hydrogen) atoms. The van der Waals surface area contributed by atoms with Crippen LogP contribution in [0.5, 0.6) is 5.75 Å². The Morgan fingerprint density at radius 3 is 2.20 bits per heavy atom. The molecule has 3 aromatic carbocycles. The van der Waals surface area contributed by atoms with Gasteiger partial charge in [-0.1, -0.05) is 64.6 Å². The summed E-state index contributed by atoms with van der Waals surface area (Å²) in [5.41, 5.74) is 3.05. The van der Waals surface area contributed by atoms with Gasteiger partial charge in [0.15, 0.2) is 9.84 Å². The highest BCUT2D eigenvalue weighted by molar-refractivity contribution is 7.90. The van der Waals surface area contributed by atoms with Crippen molar-refractivity contribution < 1.29 is 13.2 Å². The second-order valence-electron chi connectivity index (χ2n) is 6.84. The van der Waals surface area contributed by atoms with Crippen LogP contribution in [0.1, 0.15) is 16.7 Å². The highest BCUT2D eigenvalue weighted by Gasteiger charge is 2.26. The van der Waals surface area contributed by atoms with Gasteiger partial charge in [0.1, 0.15) is 11.5 Å². The number of fused-ring (bicyclic) bond motifs is 1. The van der Waals surface area contributed by atoms with Crippen LogP contribution in [0.2, 0.25) is 20.1 Å². The van der Waals surface area contributed by atoms with Crippen molar-refractivity contribution >= 4 is 67.6 Å². The molecule has 0 aromatic heterocycles. The minimum absolute atomic E-state index is 0.166. The van der Waals surface area contributed by atoms with E-state index in [-0.39, 0.29) is 25.0 Å². The Bertz CT molecular complexity index is 1300. The minimum Gasteiger partial charge on any atom is -0.456 e. The van der Waals surface area contributed by atoms with Crippen LogP contribution in [-0.2, 0) is 16.3 Å². The Morgan fingerprint density at radius 1 is 0.867 bits per heavy atom. The van der Waals surface area contributed by atoms with E-state index in [4.69, 9.17) is 51.1 Å². The number of rotatable bonds is 3. The molecule has 3 aromatic rings. The average molecular weight is 500 g/mol. The summed E-state index contributed by atoms with van der Waals surface area (Å²) in [6.07, 6.45) is 1.69. The first-order valence-corrected chi connectivity index (χ1v) is 12.2. The highest BCUT2D eigenvalue weighted by atomic mass is 35.5. The molecule has 0 amide bonds. The zero-order valence-corrected chi connectivity index (χ0v) is 19.4. The lowest BCUT2D eigenvalue weighted by Crippen LogP contribution is -2.10. The fourth-order valence-corrected chi connectivity index (χ4v) is 4.83. The van der Waals surface area contributed by atoms with Crippen LogP contribution in [0, 0.1) is 0 Å². The summed E-state index contributed by atoms with van der Waals surface area (Å²) >= 11 is 25.2. The van der Waals surface area contributed by atoms with Gasteiger partial charge in [-0.25, -0.2) is 8.42 Å². The highest BCUT2D eigenvalue weighted by Crippen LogP contribution is 2.46. The monoisotopic (exact) mass is 498 g/mol. The zero-order chi connectivity index (χ0) is 21.6. The molecule has 0 saturated carbocycles. The predicted molar refractivity (Wildman–Crippen MR) is 124 cm³/mol. The molecule has 1 heterocycles. The van der Waals surface area contributed by atoms with Crippen molar-refractivity contribution in [3.63, 3.8) is 0 Å². The lowest BCUT2D eigenvalue weighted by atomic mass is 9.92. The standard InChI is InChI=1S/C22H14Cl4O3S/c1-30(27,28)14-8-6-12(7-9-14)22-16(10-13-4-2-3-5-18(13)29-22)15-11-17(23)20(25)21(26)19(15)24/h2-9,11H,10H2,1H3. The first-order valence-electron chi connectivity index (χ1n) is 8.79.